The summed E-state index contributed by atoms with van der Waals surface area (Å²) < 4.78 is 3.94. The number of thioether (sulfide) groups is 1. The van der Waals surface area contributed by atoms with Crippen molar-refractivity contribution in [2.75, 3.05) is 29.7 Å². The lowest BCUT2D eigenvalue weighted by Gasteiger charge is -2.22. The second kappa shape index (κ2) is 4.66. The first-order valence-electron chi connectivity index (χ1n) is 3.96. The molecule has 0 fully saturated rings. The van der Waals surface area contributed by atoms with Crippen molar-refractivity contribution in [1.82, 2.24) is 9.36 Å². The molecule has 74 valence electrons. The molecule has 4 nitrogen and oxygen atoms in total. The summed E-state index contributed by atoms with van der Waals surface area (Å²) in [6.07, 6.45) is 2.10. The molecule has 13 heavy (non-hydrogen) atoms. The van der Waals surface area contributed by atoms with Gasteiger partial charge in [-0.2, -0.15) is 21.1 Å². The van der Waals surface area contributed by atoms with Crippen molar-refractivity contribution in [3.8, 4) is 0 Å². The van der Waals surface area contributed by atoms with Crippen LogP contribution in [0, 0.1) is 0 Å². The second-order valence-electron chi connectivity index (χ2n) is 2.85. The van der Waals surface area contributed by atoms with E-state index in [0.29, 0.717) is 12.0 Å². The molecule has 1 aromatic rings. The molecule has 0 aliphatic heterocycles. The van der Waals surface area contributed by atoms with Gasteiger partial charge in [0.05, 0.1) is 0 Å². The van der Waals surface area contributed by atoms with Crippen LogP contribution in [-0.4, -0.2) is 34.5 Å². The Morgan fingerprint density at radius 3 is 2.85 bits per heavy atom. The Balaban J connectivity index is 2.61. The molecule has 0 aliphatic rings. The summed E-state index contributed by atoms with van der Waals surface area (Å²) in [4.78, 5) is 6.22. The molecular weight excluding hydrogens is 204 g/mol. The molecule has 0 radical (unpaired) electrons. The standard InChI is InChI=1S/C7H14N4S2/c1-5(4-12-3)11(2)7-9-6(8)10-13-7/h5H,4H2,1-3H3,(H2,8,10). The number of aromatic nitrogens is 2. The molecule has 1 aromatic heterocycles. The maximum absolute atomic E-state index is 5.45. The van der Waals surface area contributed by atoms with Crippen LogP contribution in [0.5, 0.6) is 0 Å². The summed E-state index contributed by atoms with van der Waals surface area (Å²) in [5, 5.41) is 0.888. The first-order chi connectivity index (χ1) is 6.15. The first-order valence-corrected chi connectivity index (χ1v) is 6.12. The Labute approximate surface area is 86.7 Å². The number of hydrogen-bond acceptors (Lipinski definition) is 6. The third-order valence-electron chi connectivity index (χ3n) is 1.80. The minimum Gasteiger partial charge on any atom is -0.367 e. The molecular formula is C7H14N4S2. The molecule has 0 aromatic carbocycles. The van der Waals surface area contributed by atoms with Crippen LogP contribution in [0.25, 0.3) is 0 Å². The lowest BCUT2D eigenvalue weighted by molar-refractivity contribution is 0.762. The van der Waals surface area contributed by atoms with Crippen molar-refractivity contribution in [2.45, 2.75) is 13.0 Å². The number of anilines is 2. The van der Waals surface area contributed by atoms with Gasteiger partial charge in [-0.15, -0.1) is 0 Å². The van der Waals surface area contributed by atoms with Gasteiger partial charge in [-0.25, -0.2) is 0 Å². The number of nitrogens with two attached hydrogens (primary N) is 1. The van der Waals surface area contributed by atoms with E-state index in [1.54, 1.807) is 0 Å². The van der Waals surface area contributed by atoms with Gasteiger partial charge in [-0.3, -0.25) is 0 Å². The van der Waals surface area contributed by atoms with Crippen molar-refractivity contribution in [3.63, 3.8) is 0 Å². The van der Waals surface area contributed by atoms with Gasteiger partial charge in [0.25, 0.3) is 0 Å². The highest BCUT2D eigenvalue weighted by molar-refractivity contribution is 7.98. The number of nitrogen functional groups attached to an aromatic ring is 1. The predicted molar refractivity (Wildman–Crippen MR) is 60.6 cm³/mol. The second-order valence-corrected chi connectivity index (χ2v) is 4.49. The van der Waals surface area contributed by atoms with Gasteiger partial charge in [0.2, 0.25) is 11.1 Å². The van der Waals surface area contributed by atoms with Gasteiger partial charge < -0.3 is 10.6 Å². The summed E-state index contributed by atoms with van der Waals surface area (Å²) in [5.74, 6) is 1.44. The summed E-state index contributed by atoms with van der Waals surface area (Å²) >= 11 is 3.17. The maximum atomic E-state index is 5.45. The molecule has 1 unspecified atom stereocenters. The van der Waals surface area contributed by atoms with Crippen molar-refractivity contribution in [3.05, 3.63) is 0 Å². The first kappa shape index (κ1) is 10.6. The van der Waals surface area contributed by atoms with E-state index in [2.05, 4.69) is 27.4 Å². The molecule has 0 spiro atoms. The van der Waals surface area contributed by atoms with E-state index >= 15 is 0 Å². The summed E-state index contributed by atoms with van der Waals surface area (Å²) in [6.45, 7) is 2.16. The van der Waals surface area contributed by atoms with Crippen LogP contribution >= 0.6 is 23.3 Å². The zero-order valence-corrected chi connectivity index (χ0v) is 9.65. The predicted octanol–water partition coefficient (Wildman–Crippen LogP) is 1.31. The minimum absolute atomic E-state index is 0.364. The molecule has 2 N–H and O–H groups in total. The monoisotopic (exact) mass is 218 g/mol. The Hall–Kier alpha value is -0.490. The van der Waals surface area contributed by atoms with Gasteiger partial charge in [0, 0.05) is 30.4 Å². The van der Waals surface area contributed by atoms with E-state index in [4.69, 9.17) is 5.73 Å². The van der Waals surface area contributed by atoms with Crippen LogP contribution < -0.4 is 10.6 Å². The van der Waals surface area contributed by atoms with E-state index in [0.717, 1.165) is 10.9 Å². The average Bonchev–Trinajstić information content (AvgIpc) is 2.51. The van der Waals surface area contributed by atoms with Gasteiger partial charge >= 0.3 is 0 Å². The van der Waals surface area contributed by atoms with Gasteiger partial charge in [-0.1, -0.05) is 0 Å². The van der Waals surface area contributed by atoms with E-state index in [-0.39, 0.29) is 0 Å². The quantitative estimate of drug-likeness (QED) is 0.825. The van der Waals surface area contributed by atoms with Crippen LogP contribution in [0.4, 0.5) is 11.1 Å². The fraction of sp³-hybridized carbons (Fsp3) is 0.714. The Bertz CT molecular complexity index is 263. The van der Waals surface area contributed by atoms with Crippen LogP contribution in [0.15, 0.2) is 0 Å². The fourth-order valence-electron chi connectivity index (χ4n) is 0.911. The molecule has 0 bridgehead atoms. The Morgan fingerprint density at radius 1 is 1.69 bits per heavy atom. The van der Waals surface area contributed by atoms with E-state index < -0.39 is 0 Å². The minimum atomic E-state index is 0.364. The van der Waals surface area contributed by atoms with Crippen molar-refractivity contribution in [1.29, 1.82) is 0 Å². The van der Waals surface area contributed by atoms with Crippen LogP contribution in [-0.2, 0) is 0 Å². The van der Waals surface area contributed by atoms with E-state index in [1.807, 2.05) is 18.8 Å². The summed E-state index contributed by atoms with van der Waals surface area (Å²) in [7, 11) is 2.01. The van der Waals surface area contributed by atoms with Gasteiger partial charge in [-0.05, 0) is 13.2 Å². The Morgan fingerprint density at radius 2 is 2.38 bits per heavy atom. The van der Waals surface area contributed by atoms with E-state index in [1.165, 1.54) is 11.5 Å². The molecule has 1 rings (SSSR count). The van der Waals surface area contributed by atoms with Crippen LogP contribution in [0.1, 0.15) is 6.92 Å². The summed E-state index contributed by atoms with van der Waals surface area (Å²) in [6, 6.07) is 0.461. The Kier molecular flexibility index (Phi) is 3.80. The van der Waals surface area contributed by atoms with Crippen molar-refractivity contribution >= 4 is 34.4 Å². The number of hydrogen-bond donors (Lipinski definition) is 1. The third-order valence-corrected chi connectivity index (χ3v) is 3.44. The highest BCUT2D eigenvalue weighted by Crippen LogP contribution is 2.19. The molecule has 0 saturated heterocycles. The van der Waals surface area contributed by atoms with Crippen LogP contribution in [0.3, 0.4) is 0 Å². The zero-order chi connectivity index (χ0) is 9.84. The smallest absolute Gasteiger partial charge is 0.233 e. The zero-order valence-electron chi connectivity index (χ0n) is 8.02. The molecule has 6 heteroatoms. The van der Waals surface area contributed by atoms with Crippen LogP contribution in [0.2, 0.25) is 0 Å². The van der Waals surface area contributed by atoms with Gasteiger partial charge in [0.15, 0.2) is 0 Å². The molecule has 0 aliphatic carbocycles. The number of nitrogens with zero attached hydrogens (tertiary/aromatic N) is 3. The molecule has 1 atom stereocenters. The molecule has 0 saturated carbocycles. The SMILES string of the molecule is CSCC(C)N(C)c1nc(N)ns1. The van der Waals surface area contributed by atoms with E-state index in [9.17, 15) is 0 Å². The van der Waals surface area contributed by atoms with Crippen molar-refractivity contribution in [2.24, 2.45) is 0 Å². The molecule has 0 amide bonds. The topological polar surface area (TPSA) is 55.0 Å². The van der Waals surface area contributed by atoms with Gasteiger partial charge in [0.1, 0.15) is 0 Å². The lowest BCUT2D eigenvalue weighted by Crippen LogP contribution is -2.30. The molecule has 1 heterocycles. The highest BCUT2D eigenvalue weighted by Gasteiger charge is 2.12. The number of rotatable bonds is 4. The fourth-order valence-corrected chi connectivity index (χ4v) is 2.28. The highest BCUT2D eigenvalue weighted by atomic mass is 32.2. The largest absolute Gasteiger partial charge is 0.367 e. The third kappa shape index (κ3) is 2.73. The maximum Gasteiger partial charge on any atom is 0.233 e. The average molecular weight is 218 g/mol. The van der Waals surface area contributed by atoms with Crippen molar-refractivity contribution < 1.29 is 0 Å². The normalized spacial score (nSPS) is 12.8. The summed E-state index contributed by atoms with van der Waals surface area (Å²) in [5.41, 5.74) is 5.45. The lowest BCUT2D eigenvalue weighted by atomic mass is 10.4.